The minimum atomic E-state index is -0.727. The monoisotopic (exact) mass is 316 g/mol. The molecule has 0 fully saturated rings. The molecule has 0 aromatic heterocycles. The van der Waals surface area contributed by atoms with Gasteiger partial charge >= 0.3 is 0 Å². The predicted molar refractivity (Wildman–Crippen MR) is 91.5 cm³/mol. The molecular formula is C17H25BN2O3. The largest absolute Gasteiger partial charge is 0.371 e. The molecule has 5 nitrogen and oxygen atoms in total. The third kappa shape index (κ3) is 6.06. The van der Waals surface area contributed by atoms with Crippen LogP contribution in [0, 0.1) is 5.92 Å². The van der Waals surface area contributed by atoms with E-state index in [1.165, 1.54) is 7.05 Å². The second kappa shape index (κ2) is 9.35. The van der Waals surface area contributed by atoms with Crippen molar-refractivity contribution in [2.24, 2.45) is 5.92 Å². The number of rotatable bonds is 8. The zero-order chi connectivity index (χ0) is 17.4. The topological polar surface area (TPSA) is 67.4 Å². The first-order valence-corrected chi connectivity index (χ1v) is 7.87. The molecule has 1 aromatic rings. The summed E-state index contributed by atoms with van der Waals surface area (Å²) in [6, 6.07) is 6.60. The van der Waals surface area contributed by atoms with E-state index in [1.54, 1.807) is 19.1 Å². The summed E-state index contributed by atoms with van der Waals surface area (Å²) in [6.45, 7) is 5.87. The van der Waals surface area contributed by atoms with Crippen molar-refractivity contribution < 1.29 is 14.3 Å². The van der Waals surface area contributed by atoms with E-state index < -0.39 is 12.1 Å². The number of carbonyl (C=O) groups excluding carboxylic acids is 2. The van der Waals surface area contributed by atoms with E-state index in [4.69, 9.17) is 12.6 Å². The number of nitrogens with one attached hydrogen (secondary N) is 2. The van der Waals surface area contributed by atoms with Crippen LogP contribution in [0.15, 0.2) is 24.3 Å². The van der Waals surface area contributed by atoms with Crippen molar-refractivity contribution in [3.05, 3.63) is 29.8 Å². The highest BCUT2D eigenvalue weighted by Gasteiger charge is 2.28. The molecule has 2 amide bonds. The third-order valence-electron chi connectivity index (χ3n) is 3.85. The van der Waals surface area contributed by atoms with Crippen LogP contribution in [0.4, 0.5) is 0 Å². The Hall–Kier alpha value is -1.82. The lowest BCUT2D eigenvalue weighted by molar-refractivity contribution is -0.134. The number of hydrogen-bond acceptors (Lipinski definition) is 3. The smallest absolute Gasteiger partial charge is 0.245 e. The average Bonchev–Trinajstić information content (AvgIpc) is 2.57. The van der Waals surface area contributed by atoms with Crippen molar-refractivity contribution in [2.45, 2.75) is 45.9 Å². The normalized spacial score (nSPS) is 14.6. The number of amides is 2. The molecule has 0 saturated heterocycles. The highest BCUT2D eigenvalue weighted by molar-refractivity contribution is 6.32. The van der Waals surface area contributed by atoms with Gasteiger partial charge in [-0.2, -0.15) is 0 Å². The first kappa shape index (κ1) is 19.2. The zero-order valence-electron chi connectivity index (χ0n) is 14.3. The van der Waals surface area contributed by atoms with Crippen molar-refractivity contribution >= 4 is 25.1 Å². The second-order valence-corrected chi connectivity index (χ2v) is 5.67. The highest BCUT2D eigenvalue weighted by Crippen LogP contribution is 2.08. The van der Waals surface area contributed by atoms with Crippen molar-refractivity contribution in [1.82, 2.24) is 10.6 Å². The van der Waals surface area contributed by atoms with E-state index in [-0.39, 0.29) is 17.7 Å². The standard InChI is InChI=1S/C17H25BN2O3/c1-5-11(2)16(21)20-15(17(22)19-4)12(3)23-10-13-6-8-14(18)9-7-13/h6-9,11-12,15H,5,10H2,1-4H3,(H,19,22)(H,20,21). The Morgan fingerprint density at radius 2 is 1.78 bits per heavy atom. The number of carbonyl (C=O) groups is 2. The van der Waals surface area contributed by atoms with Gasteiger partial charge in [0, 0.05) is 13.0 Å². The van der Waals surface area contributed by atoms with Gasteiger partial charge in [0.15, 0.2) is 0 Å². The fourth-order valence-corrected chi connectivity index (χ4v) is 1.97. The molecule has 0 saturated carbocycles. The van der Waals surface area contributed by atoms with E-state index in [0.717, 1.165) is 5.56 Å². The Morgan fingerprint density at radius 3 is 2.30 bits per heavy atom. The van der Waals surface area contributed by atoms with Crippen LogP contribution in [0.25, 0.3) is 0 Å². The molecule has 0 aliphatic carbocycles. The van der Waals surface area contributed by atoms with E-state index in [0.29, 0.717) is 18.5 Å². The maximum atomic E-state index is 12.1. The van der Waals surface area contributed by atoms with Crippen molar-refractivity contribution in [3.63, 3.8) is 0 Å². The Balaban J connectivity index is 2.67. The Kier molecular flexibility index (Phi) is 7.82. The molecule has 0 spiro atoms. The summed E-state index contributed by atoms with van der Waals surface area (Å²) in [5.41, 5.74) is 1.64. The Bertz CT molecular complexity index is 519. The van der Waals surface area contributed by atoms with Gasteiger partial charge in [0.2, 0.25) is 11.8 Å². The first-order chi connectivity index (χ1) is 10.9. The quantitative estimate of drug-likeness (QED) is 0.693. The van der Waals surface area contributed by atoms with Crippen LogP contribution < -0.4 is 16.1 Å². The number of hydrogen-bond donors (Lipinski definition) is 2. The van der Waals surface area contributed by atoms with Gasteiger partial charge in [-0.15, -0.1) is 0 Å². The lowest BCUT2D eigenvalue weighted by Crippen LogP contribution is -2.53. The van der Waals surface area contributed by atoms with Crippen molar-refractivity contribution in [1.29, 1.82) is 0 Å². The van der Waals surface area contributed by atoms with E-state index in [1.807, 2.05) is 26.0 Å². The fourth-order valence-electron chi connectivity index (χ4n) is 1.97. The zero-order valence-corrected chi connectivity index (χ0v) is 14.3. The van der Waals surface area contributed by atoms with Crippen LogP contribution in [-0.2, 0) is 20.9 Å². The second-order valence-electron chi connectivity index (χ2n) is 5.67. The summed E-state index contributed by atoms with van der Waals surface area (Å²) in [4.78, 5) is 24.1. The molecule has 124 valence electrons. The van der Waals surface area contributed by atoms with Crippen LogP contribution in [-0.4, -0.2) is 38.9 Å². The van der Waals surface area contributed by atoms with Gasteiger partial charge in [-0.3, -0.25) is 9.59 Å². The van der Waals surface area contributed by atoms with Crippen LogP contribution in [0.5, 0.6) is 0 Å². The molecule has 0 aliphatic heterocycles. The maximum absolute atomic E-state index is 12.1. The lowest BCUT2D eigenvalue weighted by atomic mass is 9.95. The Morgan fingerprint density at radius 1 is 1.17 bits per heavy atom. The average molecular weight is 316 g/mol. The SMILES string of the molecule is [B]c1ccc(COC(C)C(NC(=O)C(C)CC)C(=O)NC)cc1. The Labute approximate surface area is 139 Å². The van der Waals surface area contributed by atoms with Gasteiger partial charge in [0.25, 0.3) is 0 Å². The van der Waals surface area contributed by atoms with Crippen LogP contribution in [0.2, 0.25) is 0 Å². The highest BCUT2D eigenvalue weighted by atomic mass is 16.5. The van der Waals surface area contributed by atoms with E-state index in [2.05, 4.69) is 10.6 Å². The minimum absolute atomic E-state index is 0.147. The molecule has 6 heteroatoms. The molecular weight excluding hydrogens is 291 g/mol. The molecule has 3 atom stereocenters. The molecule has 0 bridgehead atoms. The number of ether oxygens (including phenoxy) is 1. The molecule has 2 radical (unpaired) electrons. The van der Waals surface area contributed by atoms with Gasteiger partial charge in [-0.25, -0.2) is 0 Å². The van der Waals surface area contributed by atoms with E-state index in [9.17, 15) is 9.59 Å². The minimum Gasteiger partial charge on any atom is -0.371 e. The number of benzene rings is 1. The van der Waals surface area contributed by atoms with Crippen LogP contribution >= 0.6 is 0 Å². The third-order valence-corrected chi connectivity index (χ3v) is 3.85. The molecule has 1 rings (SSSR count). The van der Waals surface area contributed by atoms with Gasteiger partial charge in [0.05, 0.1) is 12.7 Å². The fraction of sp³-hybridized carbons (Fsp3) is 0.529. The maximum Gasteiger partial charge on any atom is 0.245 e. The molecule has 1 aromatic carbocycles. The summed E-state index contributed by atoms with van der Waals surface area (Å²) in [7, 11) is 7.18. The van der Waals surface area contributed by atoms with Gasteiger partial charge in [-0.1, -0.05) is 43.6 Å². The molecule has 0 heterocycles. The summed E-state index contributed by atoms with van der Waals surface area (Å²) in [5.74, 6) is -0.568. The first-order valence-electron chi connectivity index (χ1n) is 7.87. The van der Waals surface area contributed by atoms with Gasteiger partial charge in [0.1, 0.15) is 13.9 Å². The molecule has 23 heavy (non-hydrogen) atoms. The molecule has 0 aliphatic rings. The van der Waals surface area contributed by atoms with Gasteiger partial charge in [-0.05, 0) is 18.9 Å². The summed E-state index contributed by atoms with van der Waals surface area (Å²) in [6.07, 6.45) is 0.257. The number of likely N-dealkylation sites (N-methyl/N-ethyl adjacent to an activating group) is 1. The van der Waals surface area contributed by atoms with Crippen molar-refractivity contribution in [2.75, 3.05) is 7.05 Å². The molecule has 2 N–H and O–H groups in total. The van der Waals surface area contributed by atoms with Crippen LogP contribution in [0.1, 0.15) is 32.8 Å². The summed E-state index contributed by atoms with van der Waals surface area (Å²) < 4.78 is 5.75. The lowest BCUT2D eigenvalue weighted by Gasteiger charge is -2.25. The molecule has 3 unspecified atom stereocenters. The van der Waals surface area contributed by atoms with Gasteiger partial charge < -0.3 is 15.4 Å². The predicted octanol–water partition coefficient (Wildman–Crippen LogP) is 0.662. The summed E-state index contributed by atoms with van der Waals surface area (Å²) >= 11 is 0. The summed E-state index contributed by atoms with van der Waals surface area (Å²) in [5, 5.41) is 5.33. The van der Waals surface area contributed by atoms with Crippen molar-refractivity contribution in [3.8, 4) is 0 Å². The van der Waals surface area contributed by atoms with E-state index >= 15 is 0 Å². The van der Waals surface area contributed by atoms with Crippen LogP contribution in [0.3, 0.4) is 0 Å².